The first-order chi connectivity index (χ1) is 13.7. The highest BCUT2D eigenvalue weighted by Crippen LogP contribution is 2.23. The van der Waals surface area contributed by atoms with Gasteiger partial charge in [-0.1, -0.05) is 12.1 Å². The molecule has 146 valence electrons. The van der Waals surface area contributed by atoms with Crippen molar-refractivity contribution in [2.75, 3.05) is 39.8 Å². The number of nitrogens with one attached hydrogen (secondary N) is 1. The van der Waals surface area contributed by atoms with E-state index in [-0.39, 0.29) is 5.91 Å². The maximum absolute atomic E-state index is 12.8. The number of piperazine rings is 1. The van der Waals surface area contributed by atoms with Crippen molar-refractivity contribution in [1.29, 1.82) is 0 Å². The van der Waals surface area contributed by atoms with Crippen LogP contribution in [0.2, 0.25) is 0 Å². The summed E-state index contributed by atoms with van der Waals surface area (Å²) in [5.74, 6) is 0.743. The van der Waals surface area contributed by atoms with E-state index >= 15 is 0 Å². The molecule has 1 amide bonds. The van der Waals surface area contributed by atoms with Crippen LogP contribution in [0.15, 0.2) is 43.0 Å². The number of rotatable bonds is 6. The molecule has 3 heterocycles. The zero-order valence-corrected chi connectivity index (χ0v) is 15.8. The van der Waals surface area contributed by atoms with Gasteiger partial charge >= 0.3 is 0 Å². The summed E-state index contributed by atoms with van der Waals surface area (Å²) in [6.07, 6.45) is 3.26. The summed E-state index contributed by atoms with van der Waals surface area (Å²) in [5, 5.41) is 11.3. The molecule has 4 rings (SSSR count). The summed E-state index contributed by atoms with van der Waals surface area (Å²) < 4.78 is 7.07. The summed E-state index contributed by atoms with van der Waals surface area (Å²) >= 11 is 0. The van der Waals surface area contributed by atoms with E-state index in [2.05, 4.69) is 25.2 Å². The van der Waals surface area contributed by atoms with Crippen molar-refractivity contribution >= 4 is 5.91 Å². The van der Waals surface area contributed by atoms with Gasteiger partial charge in [0.2, 0.25) is 0 Å². The normalized spacial score (nSPS) is 15.0. The van der Waals surface area contributed by atoms with Crippen molar-refractivity contribution in [2.24, 2.45) is 0 Å². The number of methoxy groups -OCH3 is 1. The largest absolute Gasteiger partial charge is 0.497 e. The SMILES string of the molecule is COc1cccc(-c2cc(C(=O)N3CCN(CCn4cncn4)CC3)[nH]n2)c1. The van der Waals surface area contributed by atoms with Gasteiger partial charge in [0.05, 0.1) is 19.3 Å². The molecule has 0 unspecified atom stereocenters. The smallest absolute Gasteiger partial charge is 0.271 e. The highest BCUT2D eigenvalue weighted by atomic mass is 16.5. The van der Waals surface area contributed by atoms with E-state index in [0.717, 1.165) is 43.2 Å². The fraction of sp³-hybridized carbons (Fsp3) is 0.368. The number of hydrogen-bond donors (Lipinski definition) is 1. The van der Waals surface area contributed by atoms with Crippen LogP contribution < -0.4 is 4.74 Å². The van der Waals surface area contributed by atoms with Crippen LogP contribution in [-0.4, -0.2) is 80.5 Å². The Morgan fingerprint density at radius 2 is 2.04 bits per heavy atom. The number of carbonyl (C=O) groups is 1. The Bertz CT molecular complexity index is 914. The highest BCUT2D eigenvalue weighted by Gasteiger charge is 2.23. The number of benzene rings is 1. The van der Waals surface area contributed by atoms with Gasteiger partial charge in [0, 0.05) is 38.3 Å². The Morgan fingerprint density at radius 1 is 1.18 bits per heavy atom. The number of amides is 1. The number of hydrogen-bond acceptors (Lipinski definition) is 6. The van der Waals surface area contributed by atoms with Crippen molar-refractivity contribution < 1.29 is 9.53 Å². The van der Waals surface area contributed by atoms with Gasteiger partial charge in [-0.05, 0) is 18.2 Å². The standard InChI is InChI=1S/C19H23N7O2/c1-28-16-4-2-3-15(11-16)17-12-18(23-22-17)19(27)25-8-5-24(6-9-25)7-10-26-14-20-13-21-26/h2-4,11-14H,5-10H2,1H3,(H,22,23). The molecule has 9 nitrogen and oxygen atoms in total. The number of aromatic nitrogens is 5. The predicted octanol–water partition coefficient (Wildman–Crippen LogP) is 1.13. The van der Waals surface area contributed by atoms with Gasteiger partial charge < -0.3 is 9.64 Å². The minimum atomic E-state index is -0.0161. The minimum Gasteiger partial charge on any atom is -0.497 e. The zero-order chi connectivity index (χ0) is 19.3. The number of carbonyl (C=O) groups excluding carboxylic acids is 1. The lowest BCUT2D eigenvalue weighted by molar-refractivity contribution is 0.0626. The van der Waals surface area contributed by atoms with Crippen molar-refractivity contribution in [3.63, 3.8) is 0 Å². The lowest BCUT2D eigenvalue weighted by Gasteiger charge is -2.34. The van der Waals surface area contributed by atoms with Crippen LogP contribution >= 0.6 is 0 Å². The van der Waals surface area contributed by atoms with Crippen LogP contribution in [0.3, 0.4) is 0 Å². The number of ether oxygens (including phenoxy) is 1. The van der Waals surface area contributed by atoms with Crippen LogP contribution in [0, 0.1) is 0 Å². The van der Waals surface area contributed by atoms with Gasteiger partial charge in [-0.25, -0.2) is 4.98 Å². The molecule has 1 fully saturated rings. The monoisotopic (exact) mass is 381 g/mol. The topological polar surface area (TPSA) is 92.2 Å². The molecular formula is C19H23N7O2. The molecule has 0 atom stereocenters. The van der Waals surface area contributed by atoms with Crippen molar-refractivity contribution in [3.05, 3.63) is 48.7 Å². The second-order valence-electron chi connectivity index (χ2n) is 6.69. The van der Waals surface area contributed by atoms with E-state index in [9.17, 15) is 4.79 Å². The molecule has 2 aromatic heterocycles. The average Bonchev–Trinajstić information content (AvgIpc) is 3.44. The molecule has 1 saturated heterocycles. The van der Waals surface area contributed by atoms with E-state index in [1.54, 1.807) is 25.8 Å². The molecule has 0 radical (unpaired) electrons. The average molecular weight is 381 g/mol. The van der Waals surface area contributed by atoms with E-state index in [1.807, 2.05) is 33.8 Å². The number of aromatic amines is 1. The maximum Gasteiger partial charge on any atom is 0.271 e. The van der Waals surface area contributed by atoms with Gasteiger partial charge in [-0.3, -0.25) is 19.5 Å². The molecule has 9 heteroatoms. The lowest BCUT2D eigenvalue weighted by atomic mass is 10.1. The first-order valence-corrected chi connectivity index (χ1v) is 9.27. The summed E-state index contributed by atoms with van der Waals surface area (Å²) in [7, 11) is 1.63. The van der Waals surface area contributed by atoms with E-state index < -0.39 is 0 Å². The Labute approximate surface area is 162 Å². The van der Waals surface area contributed by atoms with Gasteiger partial charge in [-0.15, -0.1) is 0 Å². The molecule has 1 aromatic carbocycles. The minimum absolute atomic E-state index is 0.0161. The van der Waals surface area contributed by atoms with E-state index in [1.165, 1.54) is 0 Å². The first kappa shape index (κ1) is 18.2. The molecule has 0 saturated carbocycles. The molecule has 0 aliphatic carbocycles. The summed E-state index contributed by atoms with van der Waals surface area (Å²) in [5.41, 5.74) is 2.15. The quantitative estimate of drug-likeness (QED) is 0.688. The molecule has 1 N–H and O–H groups in total. The first-order valence-electron chi connectivity index (χ1n) is 9.27. The fourth-order valence-electron chi connectivity index (χ4n) is 3.30. The maximum atomic E-state index is 12.8. The third-order valence-corrected chi connectivity index (χ3v) is 4.95. The molecule has 0 bridgehead atoms. The Hall–Kier alpha value is -3.20. The number of H-pyrrole nitrogens is 1. The Morgan fingerprint density at radius 3 is 2.79 bits per heavy atom. The van der Waals surface area contributed by atoms with Crippen molar-refractivity contribution in [3.8, 4) is 17.0 Å². The molecule has 1 aliphatic heterocycles. The lowest BCUT2D eigenvalue weighted by Crippen LogP contribution is -2.49. The second kappa shape index (κ2) is 8.22. The van der Waals surface area contributed by atoms with Crippen LogP contribution in [-0.2, 0) is 6.54 Å². The van der Waals surface area contributed by atoms with Crippen LogP contribution in [0.1, 0.15) is 10.5 Å². The molecule has 1 aliphatic rings. The molecule has 0 spiro atoms. The number of nitrogens with zero attached hydrogens (tertiary/aromatic N) is 6. The zero-order valence-electron chi connectivity index (χ0n) is 15.8. The fourth-order valence-corrected chi connectivity index (χ4v) is 3.30. The molecule has 28 heavy (non-hydrogen) atoms. The van der Waals surface area contributed by atoms with Crippen LogP contribution in [0.4, 0.5) is 0 Å². The second-order valence-corrected chi connectivity index (χ2v) is 6.69. The van der Waals surface area contributed by atoms with Gasteiger partial charge in [0.1, 0.15) is 24.1 Å². The Kier molecular flexibility index (Phi) is 5.34. The Balaban J connectivity index is 1.33. The highest BCUT2D eigenvalue weighted by molar-refractivity contribution is 5.93. The predicted molar refractivity (Wildman–Crippen MR) is 103 cm³/mol. The molecule has 3 aromatic rings. The van der Waals surface area contributed by atoms with E-state index in [0.29, 0.717) is 18.8 Å². The molecular weight excluding hydrogens is 358 g/mol. The summed E-state index contributed by atoms with van der Waals surface area (Å²) in [4.78, 5) is 21.0. The van der Waals surface area contributed by atoms with Crippen LogP contribution in [0.5, 0.6) is 5.75 Å². The van der Waals surface area contributed by atoms with Gasteiger partial charge in [0.15, 0.2) is 0 Å². The third-order valence-electron chi connectivity index (χ3n) is 4.95. The van der Waals surface area contributed by atoms with Crippen molar-refractivity contribution in [2.45, 2.75) is 6.54 Å². The third kappa shape index (κ3) is 4.04. The summed E-state index contributed by atoms with van der Waals surface area (Å²) in [6, 6.07) is 9.43. The van der Waals surface area contributed by atoms with Gasteiger partial charge in [0.25, 0.3) is 5.91 Å². The van der Waals surface area contributed by atoms with Gasteiger partial charge in [-0.2, -0.15) is 10.2 Å². The van der Waals surface area contributed by atoms with E-state index in [4.69, 9.17) is 4.74 Å². The summed E-state index contributed by atoms with van der Waals surface area (Å²) in [6.45, 7) is 4.79. The van der Waals surface area contributed by atoms with Crippen LogP contribution in [0.25, 0.3) is 11.3 Å². The van der Waals surface area contributed by atoms with Crippen molar-refractivity contribution in [1.82, 2.24) is 34.8 Å².